The fourth-order valence-electron chi connectivity index (χ4n) is 3.44. The van der Waals surface area contributed by atoms with E-state index < -0.39 is 0 Å². The number of hydrogen-bond acceptors (Lipinski definition) is 4. The quantitative estimate of drug-likeness (QED) is 0.523. The van der Waals surface area contributed by atoms with E-state index in [9.17, 15) is 4.79 Å². The molecule has 2 heterocycles. The van der Waals surface area contributed by atoms with Gasteiger partial charge in [-0.3, -0.25) is 9.48 Å². The van der Waals surface area contributed by atoms with Crippen LogP contribution in [0.2, 0.25) is 0 Å². The number of hydrogen-bond donors (Lipinski definition) is 1. The minimum atomic E-state index is -0.113. The van der Waals surface area contributed by atoms with Crippen LogP contribution in [0.5, 0.6) is 0 Å². The Morgan fingerprint density at radius 3 is 2.50 bits per heavy atom. The molecule has 0 bridgehead atoms. The van der Waals surface area contributed by atoms with E-state index >= 15 is 0 Å². The third kappa shape index (κ3) is 2.54. The maximum Gasteiger partial charge on any atom is 0.267 e. The molecular formula is C22H17N5O. The number of nitrogens with zero attached hydrogens (tertiary/aromatic N) is 4. The highest BCUT2D eigenvalue weighted by atomic mass is 16.1. The Morgan fingerprint density at radius 2 is 1.64 bits per heavy atom. The summed E-state index contributed by atoms with van der Waals surface area (Å²) < 4.78 is 3.43. The van der Waals surface area contributed by atoms with E-state index in [4.69, 9.17) is 4.98 Å². The number of benzene rings is 3. The molecule has 0 aliphatic rings. The van der Waals surface area contributed by atoms with Crippen molar-refractivity contribution in [3.63, 3.8) is 0 Å². The third-order valence-corrected chi connectivity index (χ3v) is 4.83. The molecule has 0 aliphatic carbocycles. The van der Waals surface area contributed by atoms with Crippen LogP contribution >= 0.6 is 0 Å². The van der Waals surface area contributed by atoms with Crippen LogP contribution in [0.1, 0.15) is 0 Å². The van der Waals surface area contributed by atoms with E-state index in [1.165, 1.54) is 0 Å². The zero-order chi connectivity index (χ0) is 19.1. The standard InChI is InChI=1S/C22H17N5O/c1-26-20-13-7-12-19(17(20)14-23-26)25-22-24-18-11-6-5-10-16(18)21(28)27(22)15-8-3-2-4-9-15/h2-14H,1H3,(H,24,25). The average molecular weight is 367 g/mol. The first-order valence-corrected chi connectivity index (χ1v) is 8.97. The number of nitrogens with one attached hydrogen (secondary N) is 1. The molecule has 3 aromatic carbocycles. The summed E-state index contributed by atoms with van der Waals surface area (Å²) in [5.41, 5.74) is 3.14. The van der Waals surface area contributed by atoms with Crippen molar-refractivity contribution >= 4 is 33.4 Å². The van der Waals surface area contributed by atoms with Crippen molar-refractivity contribution in [3.8, 4) is 5.69 Å². The highest BCUT2D eigenvalue weighted by Gasteiger charge is 2.14. The minimum absolute atomic E-state index is 0.113. The van der Waals surface area contributed by atoms with E-state index in [1.54, 1.807) is 10.6 Å². The lowest BCUT2D eigenvalue weighted by Crippen LogP contribution is -2.22. The maximum atomic E-state index is 13.3. The summed E-state index contributed by atoms with van der Waals surface area (Å²) in [6.07, 6.45) is 1.81. The number of anilines is 2. The van der Waals surface area contributed by atoms with Gasteiger partial charge in [-0.15, -0.1) is 0 Å². The molecule has 2 aromatic heterocycles. The average Bonchev–Trinajstić information content (AvgIpc) is 3.11. The van der Waals surface area contributed by atoms with Crippen LogP contribution in [0.15, 0.2) is 83.8 Å². The lowest BCUT2D eigenvalue weighted by atomic mass is 10.2. The van der Waals surface area contributed by atoms with Gasteiger partial charge in [0.25, 0.3) is 5.56 Å². The molecule has 0 unspecified atom stereocenters. The lowest BCUT2D eigenvalue weighted by molar-refractivity contribution is 0.797. The summed E-state index contributed by atoms with van der Waals surface area (Å²) in [5.74, 6) is 0.464. The van der Waals surface area contributed by atoms with Gasteiger partial charge in [0.05, 0.1) is 34.0 Å². The van der Waals surface area contributed by atoms with Crippen LogP contribution in [-0.2, 0) is 7.05 Å². The van der Waals surface area contributed by atoms with Gasteiger partial charge in [-0.05, 0) is 36.4 Å². The first kappa shape index (κ1) is 16.3. The van der Waals surface area contributed by atoms with Crippen LogP contribution < -0.4 is 10.9 Å². The molecule has 6 heteroatoms. The Hall–Kier alpha value is -3.93. The van der Waals surface area contributed by atoms with Crippen LogP contribution in [-0.4, -0.2) is 19.3 Å². The van der Waals surface area contributed by atoms with Gasteiger partial charge in [-0.1, -0.05) is 36.4 Å². The molecule has 1 N–H and O–H groups in total. The molecule has 0 fully saturated rings. The van der Waals surface area contributed by atoms with Gasteiger partial charge in [0, 0.05) is 12.4 Å². The van der Waals surface area contributed by atoms with Gasteiger partial charge < -0.3 is 5.32 Å². The lowest BCUT2D eigenvalue weighted by Gasteiger charge is -2.15. The van der Waals surface area contributed by atoms with Crippen molar-refractivity contribution in [1.29, 1.82) is 0 Å². The van der Waals surface area contributed by atoms with Crippen LogP contribution in [0.4, 0.5) is 11.6 Å². The van der Waals surface area contributed by atoms with Gasteiger partial charge in [0.1, 0.15) is 0 Å². The zero-order valence-electron chi connectivity index (χ0n) is 15.2. The monoisotopic (exact) mass is 367 g/mol. The normalized spacial score (nSPS) is 11.2. The van der Waals surface area contributed by atoms with Gasteiger partial charge in [-0.25, -0.2) is 9.55 Å². The van der Waals surface area contributed by atoms with Gasteiger partial charge in [-0.2, -0.15) is 5.10 Å². The number of fused-ring (bicyclic) bond motifs is 2. The first-order valence-electron chi connectivity index (χ1n) is 8.97. The molecule has 5 rings (SSSR count). The van der Waals surface area contributed by atoms with E-state index in [1.807, 2.05) is 84.7 Å². The molecule has 0 saturated carbocycles. The third-order valence-electron chi connectivity index (χ3n) is 4.83. The summed E-state index contributed by atoms with van der Waals surface area (Å²) in [7, 11) is 1.90. The van der Waals surface area contributed by atoms with Crippen molar-refractivity contribution in [1.82, 2.24) is 19.3 Å². The van der Waals surface area contributed by atoms with Crippen molar-refractivity contribution in [2.45, 2.75) is 0 Å². The predicted octanol–water partition coefficient (Wildman–Crippen LogP) is 4.02. The van der Waals surface area contributed by atoms with Gasteiger partial charge >= 0.3 is 0 Å². The SMILES string of the molecule is Cn1ncc2c(Nc3nc4ccccc4c(=O)n3-c3ccccc3)cccc21. The summed E-state index contributed by atoms with van der Waals surface area (Å²) in [4.78, 5) is 18.0. The Bertz CT molecular complexity index is 1370. The minimum Gasteiger partial charge on any atom is -0.325 e. The van der Waals surface area contributed by atoms with Gasteiger partial charge in [0.2, 0.25) is 5.95 Å². The number of aryl methyl sites for hydroxylation is 1. The second-order valence-corrected chi connectivity index (χ2v) is 6.56. The second kappa shape index (κ2) is 6.35. The largest absolute Gasteiger partial charge is 0.325 e. The van der Waals surface area contributed by atoms with Crippen LogP contribution in [0, 0.1) is 0 Å². The number of para-hydroxylation sites is 2. The molecule has 28 heavy (non-hydrogen) atoms. The summed E-state index contributed by atoms with van der Waals surface area (Å²) in [6.45, 7) is 0. The van der Waals surface area contributed by atoms with Crippen molar-refractivity contribution in [3.05, 3.63) is 89.3 Å². The second-order valence-electron chi connectivity index (χ2n) is 6.56. The van der Waals surface area contributed by atoms with Crippen molar-refractivity contribution < 1.29 is 0 Å². The van der Waals surface area contributed by atoms with E-state index in [0.29, 0.717) is 16.9 Å². The first-order chi connectivity index (χ1) is 13.7. The van der Waals surface area contributed by atoms with Gasteiger partial charge in [0.15, 0.2) is 0 Å². The molecule has 0 aliphatic heterocycles. The Labute approximate surface area is 160 Å². The number of aromatic nitrogens is 4. The molecule has 5 aromatic rings. The van der Waals surface area contributed by atoms with E-state index in [0.717, 1.165) is 22.3 Å². The predicted molar refractivity (Wildman–Crippen MR) is 111 cm³/mol. The van der Waals surface area contributed by atoms with Crippen LogP contribution in [0.25, 0.3) is 27.5 Å². The fourth-order valence-corrected chi connectivity index (χ4v) is 3.44. The summed E-state index contributed by atoms with van der Waals surface area (Å²) in [6, 6.07) is 22.8. The molecule has 0 atom stereocenters. The Balaban J connectivity index is 1.77. The maximum absolute atomic E-state index is 13.3. The summed E-state index contributed by atoms with van der Waals surface area (Å²) >= 11 is 0. The Kier molecular flexibility index (Phi) is 3.69. The van der Waals surface area contributed by atoms with E-state index in [2.05, 4.69) is 10.4 Å². The highest BCUT2D eigenvalue weighted by Crippen LogP contribution is 2.26. The summed E-state index contributed by atoms with van der Waals surface area (Å²) in [5, 5.41) is 9.24. The van der Waals surface area contributed by atoms with Crippen molar-refractivity contribution in [2.75, 3.05) is 5.32 Å². The molecule has 0 radical (unpaired) electrons. The molecule has 136 valence electrons. The molecule has 6 nitrogen and oxygen atoms in total. The van der Waals surface area contributed by atoms with E-state index in [-0.39, 0.29) is 5.56 Å². The van der Waals surface area contributed by atoms with Crippen LogP contribution in [0.3, 0.4) is 0 Å². The highest BCUT2D eigenvalue weighted by molar-refractivity contribution is 5.93. The number of rotatable bonds is 3. The Morgan fingerprint density at radius 1 is 0.857 bits per heavy atom. The topological polar surface area (TPSA) is 64.7 Å². The molecule has 0 spiro atoms. The zero-order valence-corrected chi connectivity index (χ0v) is 15.2. The molecule has 0 saturated heterocycles. The van der Waals surface area contributed by atoms with Crippen molar-refractivity contribution in [2.24, 2.45) is 7.05 Å². The molecular weight excluding hydrogens is 350 g/mol. The smallest absolute Gasteiger partial charge is 0.267 e. The molecule has 0 amide bonds. The fraction of sp³-hybridized carbons (Fsp3) is 0.0455.